The van der Waals surface area contributed by atoms with Crippen molar-refractivity contribution in [3.63, 3.8) is 0 Å². The van der Waals surface area contributed by atoms with E-state index in [1.807, 2.05) is 27.1 Å². The molecule has 1 amide bonds. The van der Waals surface area contributed by atoms with Gasteiger partial charge in [0.1, 0.15) is 0 Å². The molecule has 0 unspecified atom stereocenters. The molecule has 2 heterocycles. The van der Waals surface area contributed by atoms with Gasteiger partial charge in [0.15, 0.2) is 5.69 Å². The van der Waals surface area contributed by atoms with Crippen LogP contribution in [0.4, 0.5) is 0 Å². The highest BCUT2D eigenvalue weighted by Gasteiger charge is 2.21. The summed E-state index contributed by atoms with van der Waals surface area (Å²) in [5.41, 5.74) is 2.33. The predicted molar refractivity (Wildman–Crippen MR) is 74.7 cm³/mol. The van der Waals surface area contributed by atoms with Gasteiger partial charge in [0, 0.05) is 27.3 Å². The van der Waals surface area contributed by atoms with Gasteiger partial charge in [0.2, 0.25) is 0 Å². The first-order valence-corrected chi connectivity index (χ1v) is 6.62. The van der Waals surface area contributed by atoms with E-state index in [0.29, 0.717) is 12.2 Å². The molecule has 19 heavy (non-hydrogen) atoms. The van der Waals surface area contributed by atoms with E-state index in [2.05, 4.69) is 26.1 Å². The second-order valence-corrected chi connectivity index (χ2v) is 5.27. The first-order chi connectivity index (χ1) is 8.91. The van der Waals surface area contributed by atoms with Crippen molar-refractivity contribution >= 4 is 21.8 Å². The van der Waals surface area contributed by atoms with Gasteiger partial charge in [-0.05, 0) is 28.9 Å². The number of halogens is 1. The zero-order valence-electron chi connectivity index (χ0n) is 11.4. The Bertz CT molecular complexity index is 616. The summed E-state index contributed by atoms with van der Waals surface area (Å²) in [6.07, 6.45) is 1.72. The maximum absolute atomic E-state index is 12.4. The third-order valence-corrected chi connectivity index (χ3v) is 4.08. The minimum absolute atomic E-state index is 0.114. The number of carbonyl (C=O) groups is 1. The molecule has 0 fully saturated rings. The predicted octanol–water partition coefficient (Wildman–Crippen LogP) is 1.50. The monoisotopic (exact) mass is 325 g/mol. The highest BCUT2D eigenvalue weighted by molar-refractivity contribution is 9.10. The van der Waals surface area contributed by atoms with Crippen LogP contribution in [0, 0.1) is 6.92 Å². The average Bonchev–Trinajstić information content (AvgIpc) is 2.88. The lowest BCUT2D eigenvalue weighted by Gasteiger charge is -2.16. The normalized spacial score (nSPS) is 10.8. The minimum atomic E-state index is -0.114. The number of aryl methyl sites for hydroxylation is 2. The largest absolute Gasteiger partial charge is 0.334 e. The molecule has 0 spiro atoms. The Morgan fingerprint density at radius 3 is 2.58 bits per heavy atom. The smallest absolute Gasteiger partial charge is 0.275 e. The third-order valence-electron chi connectivity index (χ3n) is 3.13. The molecule has 0 aromatic carbocycles. The van der Waals surface area contributed by atoms with E-state index in [-0.39, 0.29) is 5.91 Å². The molecule has 0 aliphatic carbocycles. The lowest BCUT2D eigenvalue weighted by atomic mass is 10.3. The van der Waals surface area contributed by atoms with Gasteiger partial charge in [-0.3, -0.25) is 14.2 Å². The molecule has 2 aromatic heterocycles. The molecule has 0 saturated carbocycles. The van der Waals surface area contributed by atoms with Crippen molar-refractivity contribution in [1.82, 2.24) is 24.5 Å². The van der Waals surface area contributed by atoms with Crippen molar-refractivity contribution in [2.45, 2.75) is 13.5 Å². The number of hydrogen-bond acceptors (Lipinski definition) is 3. The number of aromatic nitrogens is 4. The van der Waals surface area contributed by atoms with E-state index < -0.39 is 0 Å². The van der Waals surface area contributed by atoms with Crippen molar-refractivity contribution in [3.8, 4) is 0 Å². The van der Waals surface area contributed by atoms with Gasteiger partial charge in [0.05, 0.1) is 22.4 Å². The van der Waals surface area contributed by atoms with Crippen molar-refractivity contribution in [3.05, 3.63) is 33.8 Å². The topological polar surface area (TPSA) is 56.0 Å². The average molecular weight is 326 g/mol. The van der Waals surface area contributed by atoms with Crippen LogP contribution in [-0.2, 0) is 20.6 Å². The molecule has 0 saturated heterocycles. The van der Waals surface area contributed by atoms with Crippen LogP contribution in [0.5, 0.6) is 0 Å². The van der Waals surface area contributed by atoms with E-state index in [1.165, 1.54) is 0 Å². The fraction of sp³-hybridized carbons (Fsp3) is 0.417. The van der Waals surface area contributed by atoms with Crippen molar-refractivity contribution in [1.29, 1.82) is 0 Å². The number of amides is 1. The van der Waals surface area contributed by atoms with Crippen molar-refractivity contribution in [2.24, 2.45) is 14.1 Å². The number of rotatable bonds is 3. The van der Waals surface area contributed by atoms with Crippen LogP contribution in [0.15, 0.2) is 16.7 Å². The molecular formula is C12H16BrN5O. The van der Waals surface area contributed by atoms with E-state index in [4.69, 9.17) is 0 Å². The Balaban J connectivity index is 2.19. The molecule has 0 aliphatic rings. The van der Waals surface area contributed by atoms with Crippen LogP contribution in [0.1, 0.15) is 21.9 Å². The molecule has 0 atom stereocenters. The number of hydrogen-bond donors (Lipinski definition) is 0. The van der Waals surface area contributed by atoms with Crippen LogP contribution in [-0.4, -0.2) is 37.4 Å². The molecule has 0 aliphatic heterocycles. The first kappa shape index (κ1) is 13.8. The standard InChI is InChI=1S/C12H16BrN5O/c1-8-10(13)11(15-17(8)3)12(19)16(2)7-9-5-6-14-18(9)4/h5-6H,7H2,1-4H3. The van der Waals surface area contributed by atoms with Crippen LogP contribution in [0.2, 0.25) is 0 Å². The fourth-order valence-corrected chi connectivity index (χ4v) is 2.28. The lowest BCUT2D eigenvalue weighted by molar-refractivity contribution is 0.0774. The molecule has 2 rings (SSSR count). The van der Waals surface area contributed by atoms with Gasteiger partial charge in [0.25, 0.3) is 5.91 Å². The summed E-state index contributed by atoms with van der Waals surface area (Å²) in [6, 6.07) is 1.89. The first-order valence-electron chi connectivity index (χ1n) is 5.83. The second kappa shape index (κ2) is 5.16. The summed E-state index contributed by atoms with van der Waals surface area (Å²) < 4.78 is 4.19. The maximum Gasteiger partial charge on any atom is 0.275 e. The molecule has 6 nitrogen and oxygen atoms in total. The molecule has 0 bridgehead atoms. The van der Waals surface area contributed by atoms with E-state index >= 15 is 0 Å². The van der Waals surface area contributed by atoms with Gasteiger partial charge in [-0.25, -0.2) is 0 Å². The van der Waals surface area contributed by atoms with Crippen LogP contribution >= 0.6 is 15.9 Å². The van der Waals surface area contributed by atoms with Crippen LogP contribution in [0.25, 0.3) is 0 Å². The fourth-order valence-electron chi connectivity index (χ4n) is 1.77. The highest BCUT2D eigenvalue weighted by Crippen LogP contribution is 2.21. The molecule has 0 radical (unpaired) electrons. The van der Waals surface area contributed by atoms with Crippen LogP contribution < -0.4 is 0 Å². The zero-order valence-corrected chi connectivity index (χ0v) is 13.0. The summed E-state index contributed by atoms with van der Waals surface area (Å²) in [5, 5.41) is 8.33. The summed E-state index contributed by atoms with van der Waals surface area (Å²) in [6.45, 7) is 2.41. The maximum atomic E-state index is 12.4. The highest BCUT2D eigenvalue weighted by atomic mass is 79.9. The van der Waals surface area contributed by atoms with E-state index in [9.17, 15) is 4.79 Å². The second-order valence-electron chi connectivity index (χ2n) is 4.48. The Morgan fingerprint density at radius 1 is 1.42 bits per heavy atom. The zero-order chi connectivity index (χ0) is 14.2. The summed E-state index contributed by atoms with van der Waals surface area (Å²) in [5.74, 6) is -0.114. The van der Waals surface area contributed by atoms with E-state index in [1.54, 1.807) is 27.5 Å². The SMILES string of the molecule is Cc1c(Br)c(C(=O)N(C)Cc2ccnn2C)nn1C. The van der Waals surface area contributed by atoms with Crippen LogP contribution in [0.3, 0.4) is 0 Å². The molecule has 2 aromatic rings. The van der Waals surface area contributed by atoms with Gasteiger partial charge >= 0.3 is 0 Å². The number of carbonyl (C=O) groups excluding carboxylic acids is 1. The Labute approximate surface area is 120 Å². The summed E-state index contributed by atoms with van der Waals surface area (Å²) in [4.78, 5) is 14.0. The van der Waals surface area contributed by atoms with Gasteiger partial charge in [-0.15, -0.1) is 0 Å². The van der Waals surface area contributed by atoms with E-state index in [0.717, 1.165) is 15.9 Å². The molecular weight excluding hydrogens is 310 g/mol. The Morgan fingerprint density at radius 2 is 2.11 bits per heavy atom. The van der Waals surface area contributed by atoms with Gasteiger partial charge in [-0.2, -0.15) is 10.2 Å². The molecule has 0 N–H and O–H groups in total. The Hall–Kier alpha value is -1.63. The van der Waals surface area contributed by atoms with Crippen molar-refractivity contribution < 1.29 is 4.79 Å². The summed E-state index contributed by atoms with van der Waals surface area (Å²) in [7, 11) is 5.43. The Kier molecular flexibility index (Phi) is 3.75. The van der Waals surface area contributed by atoms with Gasteiger partial charge in [-0.1, -0.05) is 0 Å². The quantitative estimate of drug-likeness (QED) is 0.859. The summed E-state index contributed by atoms with van der Waals surface area (Å²) >= 11 is 3.41. The molecule has 7 heteroatoms. The minimum Gasteiger partial charge on any atom is -0.334 e. The third kappa shape index (κ3) is 2.56. The van der Waals surface area contributed by atoms with Gasteiger partial charge < -0.3 is 4.90 Å². The number of nitrogens with zero attached hydrogens (tertiary/aromatic N) is 5. The lowest BCUT2D eigenvalue weighted by Crippen LogP contribution is -2.28. The van der Waals surface area contributed by atoms with Crippen molar-refractivity contribution in [2.75, 3.05) is 7.05 Å². The molecule has 102 valence electrons.